The van der Waals surface area contributed by atoms with Crippen LogP contribution in [0.15, 0.2) is 0 Å². The summed E-state index contributed by atoms with van der Waals surface area (Å²) in [6.45, 7) is 4.78. The van der Waals surface area contributed by atoms with Gasteiger partial charge < -0.3 is 14.5 Å². The number of amides is 2. The molecule has 4 unspecified atom stereocenters. The lowest BCUT2D eigenvalue weighted by Gasteiger charge is -2.55. The van der Waals surface area contributed by atoms with E-state index in [0.717, 1.165) is 38.5 Å². The lowest BCUT2D eigenvalue weighted by atomic mass is 9.78. The van der Waals surface area contributed by atoms with Crippen LogP contribution < -0.4 is 5.32 Å². The third kappa shape index (κ3) is 4.64. The van der Waals surface area contributed by atoms with E-state index in [2.05, 4.69) is 5.32 Å². The van der Waals surface area contributed by atoms with Crippen LogP contribution in [0.3, 0.4) is 0 Å². The van der Waals surface area contributed by atoms with Crippen molar-refractivity contribution in [2.24, 2.45) is 5.92 Å². The monoisotopic (exact) mass is 455 g/mol. The van der Waals surface area contributed by atoms with Crippen molar-refractivity contribution in [1.29, 1.82) is 0 Å². The number of carbonyl (C=O) groups excluding carboxylic acids is 2. The van der Waals surface area contributed by atoms with E-state index in [1.165, 1.54) is 6.26 Å². The minimum Gasteiger partial charge on any atom is -0.368 e. The predicted molar refractivity (Wildman–Crippen MR) is 117 cm³/mol. The van der Waals surface area contributed by atoms with Crippen molar-refractivity contribution in [1.82, 2.24) is 15.1 Å². The minimum absolute atomic E-state index is 0.0207. The molecule has 4 rings (SSSR count). The molecule has 0 aromatic rings. The molecule has 1 N–H and O–H groups in total. The Kier molecular flexibility index (Phi) is 6.66. The van der Waals surface area contributed by atoms with Crippen molar-refractivity contribution in [2.75, 3.05) is 19.4 Å². The number of piperidine rings is 1. The average molecular weight is 456 g/mol. The summed E-state index contributed by atoms with van der Waals surface area (Å²) in [5.74, 6) is 0.501. The van der Waals surface area contributed by atoms with Gasteiger partial charge in [-0.2, -0.15) is 0 Å². The number of nitrogens with zero attached hydrogens (tertiary/aromatic N) is 2. The van der Waals surface area contributed by atoms with Crippen LogP contribution in [0.4, 0.5) is 0 Å². The Labute approximate surface area is 186 Å². The van der Waals surface area contributed by atoms with E-state index >= 15 is 0 Å². The first kappa shape index (κ1) is 23.0. The fourth-order valence-corrected chi connectivity index (χ4v) is 7.47. The molecule has 0 aromatic heterocycles. The van der Waals surface area contributed by atoms with Gasteiger partial charge in [-0.1, -0.05) is 0 Å². The Morgan fingerprint density at radius 3 is 2.32 bits per heavy atom. The van der Waals surface area contributed by atoms with Crippen molar-refractivity contribution >= 4 is 21.7 Å². The van der Waals surface area contributed by atoms with Crippen LogP contribution >= 0.6 is 0 Å². The summed E-state index contributed by atoms with van der Waals surface area (Å²) in [6, 6.07) is 0.187. The second kappa shape index (κ2) is 8.98. The molecule has 176 valence electrons. The highest BCUT2D eigenvalue weighted by Gasteiger charge is 2.48. The maximum atomic E-state index is 13.3. The van der Waals surface area contributed by atoms with Gasteiger partial charge in [-0.3, -0.25) is 14.9 Å². The number of fused-ring (bicyclic) bond motifs is 1. The van der Waals surface area contributed by atoms with Crippen LogP contribution in [0.25, 0.3) is 0 Å². The minimum atomic E-state index is -2.98. The molecular formula is C22H37N3O5S. The summed E-state index contributed by atoms with van der Waals surface area (Å²) in [7, 11) is -2.98. The molecule has 4 aliphatic rings. The van der Waals surface area contributed by atoms with Gasteiger partial charge in [-0.05, 0) is 64.2 Å². The van der Waals surface area contributed by atoms with Gasteiger partial charge in [0.2, 0.25) is 5.91 Å². The summed E-state index contributed by atoms with van der Waals surface area (Å²) >= 11 is 0. The normalized spacial score (nSPS) is 39.3. The number of piperazine rings is 1. The predicted octanol–water partition coefficient (Wildman–Crippen LogP) is 1.29. The number of hydrogen-bond acceptors (Lipinski definition) is 6. The molecule has 1 saturated carbocycles. The molecule has 3 aliphatic heterocycles. The Bertz CT molecular complexity index is 789. The molecule has 31 heavy (non-hydrogen) atoms. The highest BCUT2D eigenvalue weighted by molar-refractivity contribution is 7.91. The van der Waals surface area contributed by atoms with E-state index in [9.17, 15) is 18.0 Å². The maximum absolute atomic E-state index is 13.3. The Hall–Kier alpha value is -1.19. The second-order valence-corrected chi connectivity index (χ2v) is 12.3. The highest BCUT2D eigenvalue weighted by atomic mass is 32.2. The zero-order valence-corrected chi connectivity index (χ0v) is 19.8. The first-order valence-corrected chi connectivity index (χ1v) is 13.8. The van der Waals surface area contributed by atoms with Gasteiger partial charge in [0.15, 0.2) is 0 Å². The molecule has 2 amide bonds. The van der Waals surface area contributed by atoms with Gasteiger partial charge in [-0.25, -0.2) is 8.42 Å². The molecular weight excluding hydrogens is 418 g/mol. The van der Waals surface area contributed by atoms with E-state index < -0.39 is 9.84 Å². The second-order valence-electron chi connectivity index (χ2n) is 10.00. The molecule has 4 fully saturated rings. The molecule has 5 atom stereocenters. The standard InChI is InChI=1S/C22H37N3O5S/c1-14-13-24(22(27)20-5-4-12-30-20)21-19(25(14)15(2)26)11-10-18(23-21)16-6-8-17(9-7-16)31(3,28)29/h14,16-21,23H,4-13H2,1-3H3/t14-,16?,17?,18?,19?,20?,21?/m0/s1. The molecule has 9 heteroatoms. The van der Waals surface area contributed by atoms with Gasteiger partial charge in [0.25, 0.3) is 5.91 Å². The molecule has 0 radical (unpaired) electrons. The van der Waals surface area contributed by atoms with Crippen LogP contribution in [0.1, 0.15) is 65.2 Å². The smallest absolute Gasteiger partial charge is 0.253 e. The highest BCUT2D eigenvalue weighted by Crippen LogP contribution is 2.37. The third-order valence-corrected chi connectivity index (χ3v) is 9.58. The van der Waals surface area contributed by atoms with E-state index in [-0.39, 0.29) is 47.5 Å². The van der Waals surface area contributed by atoms with Crippen LogP contribution in [-0.4, -0.2) is 85.1 Å². The van der Waals surface area contributed by atoms with Crippen molar-refractivity contribution in [3.63, 3.8) is 0 Å². The zero-order valence-electron chi connectivity index (χ0n) is 19.0. The van der Waals surface area contributed by atoms with Crippen LogP contribution in [0.2, 0.25) is 0 Å². The van der Waals surface area contributed by atoms with Gasteiger partial charge >= 0.3 is 0 Å². The Balaban J connectivity index is 1.50. The SMILES string of the molecule is CC(=O)N1C2CCC(C3CCC(S(C)(=O)=O)CC3)NC2N(C(=O)C2CCCO2)C[C@@H]1C. The summed E-state index contributed by atoms with van der Waals surface area (Å²) in [4.78, 5) is 29.6. The lowest BCUT2D eigenvalue weighted by molar-refractivity contribution is -0.161. The summed E-state index contributed by atoms with van der Waals surface area (Å²) in [5.41, 5.74) is 0. The largest absolute Gasteiger partial charge is 0.368 e. The fourth-order valence-electron chi connectivity index (χ4n) is 6.34. The molecule has 0 aromatic carbocycles. The number of sulfone groups is 1. The van der Waals surface area contributed by atoms with E-state index in [1.807, 2.05) is 16.7 Å². The first-order valence-electron chi connectivity index (χ1n) is 11.8. The number of ether oxygens (including phenoxy) is 1. The zero-order chi connectivity index (χ0) is 22.3. The van der Waals surface area contributed by atoms with Crippen LogP contribution in [-0.2, 0) is 24.2 Å². The summed E-state index contributed by atoms with van der Waals surface area (Å²) < 4.78 is 29.5. The fraction of sp³-hybridized carbons (Fsp3) is 0.909. The van der Waals surface area contributed by atoms with E-state index in [1.54, 1.807) is 6.92 Å². The first-order chi connectivity index (χ1) is 14.7. The topological polar surface area (TPSA) is 96.0 Å². The van der Waals surface area contributed by atoms with Crippen molar-refractivity contribution in [3.05, 3.63) is 0 Å². The van der Waals surface area contributed by atoms with E-state index in [0.29, 0.717) is 31.9 Å². The van der Waals surface area contributed by atoms with Gasteiger partial charge in [0.1, 0.15) is 22.1 Å². The third-order valence-electron chi connectivity index (χ3n) is 7.90. The molecule has 8 nitrogen and oxygen atoms in total. The number of carbonyl (C=O) groups is 2. The molecule has 0 spiro atoms. The molecule has 1 aliphatic carbocycles. The van der Waals surface area contributed by atoms with Gasteiger partial charge in [0, 0.05) is 38.4 Å². The van der Waals surface area contributed by atoms with Crippen molar-refractivity contribution in [2.45, 2.75) is 101 Å². The molecule has 3 heterocycles. The number of rotatable bonds is 3. The van der Waals surface area contributed by atoms with Gasteiger partial charge in [0.05, 0.1) is 11.3 Å². The maximum Gasteiger partial charge on any atom is 0.253 e. The van der Waals surface area contributed by atoms with Crippen LogP contribution in [0, 0.1) is 5.92 Å². The van der Waals surface area contributed by atoms with Crippen molar-refractivity contribution in [3.8, 4) is 0 Å². The number of nitrogens with one attached hydrogen (secondary N) is 1. The lowest BCUT2D eigenvalue weighted by Crippen LogP contribution is -2.73. The van der Waals surface area contributed by atoms with Gasteiger partial charge in [-0.15, -0.1) is 0 Å². The van der Waals surface area contributed by atoms with E-state index in [4.69, 9.17) is 4.74 Å². The summed E-state index contributed by atoms with van der Waals surface area (Å²) in [5, 5.41) is 3.52. The van der Waals surface area contributed by atoms with Crippen LogP contribution in [0.5, 0.6) is 0 Å². The Morgan fingerprint density at radius 1 is 1.03 bits per heavy atom. The quantitative estimate of drug-likeness (QED) is 0.689. The molecule has 0 bridgehead atoms. The summed E-state index contributed by atoms with van der Waals surface area (Å²) in [6.07, 6.45) is 7.43. The Morgan fingerprint density at radius 2 is 1.74 bits per heavy atom. The van der Waals surface area contributed by atoms with Crippen molar-refractivity contribution < 1.29 is 22.7 Å². The average Bonchev–Trinajstić information content (AvgIpc) is 3.26. The molecule has 3 saturated heterocycles. The number of hydrogen-bond donors (Lipinski definition) is 1.